The Hall–Kier alpha value is 0.0395. The van der Waals surface area contributed by atoms with Crippen molar-refractivity contribution in [3.8, 4) is 0 Å². The Morgan fingerprint density at radius 3 is 2.50 bits per heavy atom. The van der Waals surface area contributed by atoms with Crippen molar-refractivity contribution in [2.75, 3.05) is 6.16 Å². The standard InChI is InChI=1S/C8H9PSe/c10-9-7-6-8-4-2-1-3-5-8/h1-5H,6-7H2. The van der Waals surface area contributed by atoms with E-state index in [0.29, 0.717) is 0 Å². The monoisotopic (exact) mass is 216 g/mol. The van der Waals surface area contributed by atoms with Gasteiger partial charge in [-0.15, -0.1) is 0 Å². The summed E-state index contributed by atoms with van der Waals surface area (Å²) in [6.07, 6.45) is 2.42. The van der Waals surface area contributed by atoms with E-state index in [2.05, 4.69) is 45.4 Å². The molecule has 52 valence electrons. The molecule has 0 bridgehead atoms. The zero-order chi connectivity index (χ0) is 7.23. The first-order valence-corrected chi connectivity index (χ1v) is 6.56. The fourth-order valence-corrected chi connectivity index (χ4v) is 1.74. The van der Waals surface area contributed by atoms with Crippen molar-refractivity contribution in [3.63, 3.8) is 0 Å². The van der Waals surface area contributed by atoms with Crippen LogP contribution in [0.4, 0.5) is 0 Å². The summed E-state index contributed by atoms with van der Waals surface area (Å²) < 4.78 is 0. The van der Waals surface area contributed by atoms with Crippen molar-refractivity contribution in [3.05, 3.63) is 35.9 Å². The topological polar surface area (TPSA) is 0 Å². The molecule has 0 fully saturated rings. The van der Waals surface area contributed by atoms with Gasteiger partial charge in [-0.3, -0.25) is 0 Å². The van der Waals surface area contributed by atoms with Crippen molar-refractivity contribution in [2.24, 2.45) is 0 Å². The van der Waals surface area contributed by atoms with Gasteiger partial charge in [0, 0.05) is 0 Å². The minimum atomic E-state index is 1.19. The molecule has 1 aromatic rings. The molecule has 2 heteroatoms. The van der Waals surface area contributed by atoms with Gasteiger partial charge in [-0.2, -0.15) is 0 Å². The number of benzene rings is 1. The first-order valence-electron chi connectivity index (χ1n) is 3.26. The third kappa shape index (κ3) is 2.75. The van der Waals surface area contributed by atoms with Gasteiger partial charge in [0.05, 0.1) is 0 Å². The minimum absolute atomic E-state index is 1.19. The van der Waals surface area contributed by atoms with Crippen LogP contribution in [0, 0.1) is 0 Å². The predicted molar refractivity (Wildman–Crippen MR) is 47.7 cm³/mol. The molecule has 0 aliphatic rings. The third-order valence-corrected chi connectivity index (χ3v) is 2.89. The van der Waals surface area contributed by atoms with E-state index < -0.39 is 0 Å². The van der Waals surface area contributed by atoms with Crippen LogP contribution >= 0.6 is 6.83 Å². The summed E-state index contributed by atoms with van der Waals surface area (Å²) in [6.45, 7) is 1.36. The zero-order valence-corrected chi connectivity index (χ0v) is 8.26. The summed E-state index contributed by atoms with van der Waals surface area (Å²) in [5, 5.41) is 0. The second-order valence-electron chi connectivity index (χ2n) is 2.09. The molecular weight excluding hydrogens is 206 g/mol. The Kier molecular flexibility index (Phi) is 3.90. The second kappa shape index (κ2) is 4.79. The Balaban J connectivity index is 2.50. The van der Waals surface area contributed by atoms with Crippen molar-refractivity contribution >= 4 is 21.9 Å². The van der Waals surface area contributed by atoms with Crippen LogP contribution in [-0.4, -0.2) is 21.3 Å². The van der Waals surface area contributed by atoms with Gasteiger partial charge in [0.2, 0.25) is 0 Å². The summed E-state index contributed by atoms with van der Waals surface area (Å²) in [5.74, 6) is 0. The van der Waals surface area contributed by atoms with Crippen LogP contribution in [0.15, 0.2) is 30.3 Å². The van der Waals surface area contributed by atoms with Crippen molar-refractivity contribution in [1.82, 2.24) is 0 Å². The van der Waals surface area contributed by atoms with Gasteiger partial charge < -0.3 is 0 Å². The Bertz CT molecular complexity index is 196. The molecule has 0 saturated carbocycles. The van der Waals surface area contributed by atoms with Crippen molar-refractivity contribution in [1.29, 1.82) is 0 Å². The van der Waals surface area contributed by atoms with Crippen LogP contribution in [0.1, 0.15) is 5.56 Å². The average Bonchev–Trinajstić information content (AvgIpc) is 2.03. The number of hydrogen-bond acceptors (Lipinski definition) is 0. The van der Waals surface area contributed by atoms with E-state index >= 15 is 0 Å². The molecule has 0 saturated heterocycles. The van der Waals surface area contributed by atoms with Crippen LogP contribution in [-0.2, 0) is 6.42 Å². The Labute approximate surface area is 70.7 Å². The molecule has 0 atom stereocenters. The second-order valence-corrected chi connectivity index (χ2v) is 4.42. The normalized spacial score (nSPS) is 10.0. The zero-order valence-electron chi connectivity index (χ0n) is 5.66. The summed E-state index contributed by atoms with van der Waals surface area (Å²) in [4.78, 5) is 0. The van der Waals surface area contributed by atoms with Gasteiger partial charge in [-0.1, -0.05) is 0 Å². The van der Waals surface area contributed by atoms with Gasteiger partial charge in [-0.05, 0) is 0 Å². The number of rotatable bonds is 3. The number of hydrogen-bond donors (Lipinski definition) is 0. The average molecular weight is 215 g/mol. The summed E-state index contributed by atoms with van der Waals surface area (Å²) in [5.41, 5.74) is 1.44. The van der Waals surface area contributed by atoms with E-state index in [1.54, 1.807) is 0 Å². The molecule has 0 N–H and O–H groups in total. The van der Waals surface area contributed by atoms with E-state index in [-0.39, 0.29) is 0 Å². The quantitative estimate of drug-likeness (QED) is 0.535. The van der Waals surface area contributed by atoms with E-state index in [1.165, 1.54) is 25.0 Å². The molecule has 0 aliphatic heterocycles. The van der Waals surface area contributed by atoms with Crippen LogP contribution in [0.25, 0.3) is 0 Å². The molecule has 10 heavy (non-hydrogen) atoms. The van der Waals surface area contributed by atoms with E-state index in [4.69, 9.17) is 0 Å². The van der Waals surface area contributed by atoms with Gasteiger partial charge in [-0.25, -0.2) is 0 Å². The predicted octanol–water partition coefficient (Wildman–Crippen LogP) is 2.26. The summed E-state index contributed by atoms with van der Waals surface area (Å²) in [7, 11) is 0. The van der Waals surface area contributed by atoms with E-state index in [9.17, 15) is 0 Å². The molecule has 0 aromatic heterocycles. The summed E-state index contributed by atoms with van der Waals surface area (Å²) in [6, 6.07) is 10.6. The fraction of sp³-hybridized carbons (Fsp3) is 0.250. The summed E-state index contributed by atoms with van der Waals surface area (Å²) >= 11 is 2.99. The molecule has 0 radical (unpaired) electrons. The Morgan fingerprint density at radius 2 is 1.90 bits per heavy atom. The van der Waals surface area contributed by atoms with Gasteiger partial charge in [0.25, 0.3) is 0 Å². The first-order chi connectivity index (χ1) is 4.93. The third-order valence-electron chi connectivity index (χ3n) is 1.33. The number of aryl methyl sites for hydroxylation is 1. The molecule has 1 rings (SSSR count). The maximum absolute atomic E-state index is 2.99. The van der Waals surface area contributed by atoms with Gasteiger partial charge in [0.15, 0.2) is 0 Å². The van der Waals surface area contributed by atoms with Crippen LogP contribution in [0.2, 0.25) is 0 Å². The molecule has 0 aliphatic carbocycles. The maximum atomic E-state index is 2.99. The van der Waals surface area contributed by atoms with Gasteiger partial charge in [0.1, 0.15) is 0 Å². The van der Waals surface area contributed by atoms with Crippen LogP contribution < -0.4 is 0 Å². The van der Waals surface area contributed by atoms with Crippen molar-refractivity contribution in [2.45, 2.75) is 6.42 Å². The van der Waals surface area contributed by atoms with Gasteiger partial charge >= 0.3 is 70.4 Å². The van der Waals surface area contributed by atoms with Crippen LogP contribution in [0.5, 0.6) is 0 Å². The van der Waals surface area contributed by atoms with Crippen LogP contribution in [0.3, 0.4) is 0 Å². The molecule has 0 unspecified atom stereocenters. The Morgan fingerprint density at radius 1 is 1.20 bits per heavy atom. The SMILES string of the molecule is [Se]=PCCc1ccccc1. The molecular formula is C8H9PSe. The van der Waals surface area contributed by atoms with Crippen molar-refractivity contribution < 1.29 is 0 Å². The fourth-order valence-electron chi connectivity index (χ4n) is 0.819. The molecule has 0 nitrogen and oxygen atoms in total. The van der Waals surface area contributed by atoms with E-state index in [0.717, 1.165) is 0 Å². The molecule has 0 spiro atoms. The molecule has 0 heterocycles. The molecule has 1 aromatic carbocycles. The molecule has 0 amide bonds. The first kappa shape index (κ1) is 8.14. The van der Waals surface area contributed by atoms with E-state index in [1.807, 2.05) is 0 Å².